The molecule has 0 aromatic heterocycles. The first-order valence-electron chi connectivity index (χ1n) is 5.10. The Bertz CT molecular complexity index is 481. The van der Waals surface area contributed by atoms with Crippen LogP contribution in [-0.2, 0) is 6.42 Å². The number of hydrogen-bond donors (Lipinski definition) is 1. The van der Waals surface area contributed by atoms with Crippen LogP contribution in [0.5, 0.6) is 0 Å². The molecule has 0 fully saturated rings. The third-order valence-electron chi connectivity index (χ3n) is 2.46. The summed E-state index contributed by atoms with van der Waals surface area (Å²) in [5.41, 5.74) is 3.61. The van der Waals surface area contributed by atoms with Crippen molar-refractivity contribution in [3.63, 3.8) is 0 Å². The summed E-state index contributed by atoms with van der Waals surface area (Å²) in [4.78, 5) is 10.9. The van der Waals surface area contributed by atoms with E-state index in [1.165, 1.54) is 17.5 Å². The van der Waals surface area contributed by atoms with E-state index in [9.17, 15) is 4.79 Å². The Hall–Kier alpha value is -1.54. The highest BCUT2D eigenvalue weighted by Crippen LogP contribution is 2.18. The van der Waals surface area contributed by atoms with E-state index in [-0.39, 0.29) is 0 Å². The number of benzene rings is 2. The van der Waals surface area contributed by atoms with Gasteiger partial charge in [0.2, 0.25) is 0 Å². The lowest BCUT2D eigenvalue weighted by atomic mass is 9.94. The van der Waals surface area contributed by atoms with Crippen molar-refractivity contribution in [3.05, 3.63) is 65.2 Å². The zero-order chi connectivity index (χ0) is 11.4. The van der Waals surface area contributed by atoms with E-state index in [2.05, 4.69) is 36.9 Å². The van der Waals surface area contributed by atoms with Crippen LogP contribution in [-0.4, -0.2) is 6.29 Å². The van der Waals surface area contributed by atoms with Gasteiger partial charge in [-0.15, -0.1) is 12.6 Å². The van der Waals surface area contributed by atoms with Crippen LogP contribution < -0.4 is 0 Å². The van der Waals surface area contributed by atoms with Crippen LogP contribution >= 0.6 is 12.6 Å². The van der Waals surface area contributed by atoms with E-state index in [4.69, 9.17) is 0 Å². The highest BCUT2D eigenvalue weighted by molar-refractivity contribution is 7.80. The van der Waals surface area contributed by atoms with Gasteiger partial charge in [-0.1, -0.05) is 42.5 Å². The van der Waals surface area contributed by atoms with Crippen LogP contribution in [0.25, 0.3) is 0 Å². The van der Waals surface area contributed by atoms with Crippen molar-refractivity contribution < 1.29 is 4.79 Å². The standard InChI is InChI=1S/C7H6OS.C7H6/c8-5-6-3-1-2-4-7(6)9;1-2-6-4-7(3-1)5-6/h1-5,9H;1-4H,5H2. The third-order valence-corrected chi connectivity index (χ3v) is 2.87. The molecule has 2 bridgehead atoms. The first kappa shape index (κ1) is 11.0. The van der Waals surface area contributed by atoms with Crippen LogP contribution in [0.15, 0.2) is 53.4 Å². The Morgan fingerprint density at radius 3 is 1.94 bits per heavy atom. The maximum Gasteiger partial charge on any atom is 0.151 e. The summed E-state index contributed by atoms with van der Waals surface area (Å²) < 4.78 is 0. The third kappa shape index (κ3) is 2.52. The van der Waals surface area contributed by atoms with E-state index < -0.39 is 0 Å². The normalized spacial score (nSPS) is 10.8. The van der Waals surface area contributed by atoms with Crippen LogP contribution in [0.2, 0.25) is 0 Å². The van der Waals surface area contributed by atoms with Gasteiger partial charge in [0, 0.05) is 10.5 Å². The molecule has 4 rings (SSSR count). The zero-order valence-electron chi connectivity index (χ0n) is 8.76. The second kappa shape index (κ2) is 4.99. The van der Waals surface area contributed by atoms with Gasteiger partial charge in [-0.3, -0.25) is 4.79 Å². The van der Waals surface area contributed by atoms with Gasteiger partial charge in [-0.25, -0.2) is 0 Å². The Morgan fingerprint density at radius 1 is 1.00 bits per heavy atom. The van der Waals surface area contributed by atoms with E-state index in [0.29, 0.717) is 5.56 Å². The van der Waals surface area contributed by atoms with Crippen molar-refractivity contribution in [1.82, 2.24) is 0 Å². The Labute approximate surface area is 101 Å². The molecule has 2 aliphatic carbocycles. The highest BCUT2D eigenvalue weighted by Gasteiger charge is 2.04. The topological polar surface area (TPSA) is 17.1 Å². The lowest BCUT2D eigenvalue weighted by Gasteiger charge is -2.11. The number of carbonyl (C=O) groups excluding carboxylic acids is 1. The van der Waals surface area contributed by atoms with E-state index >= 15 is 0 Å². The number of rotatable bonds is 1. The van der Waals surface area contributed by atoms with Crippen molar-refractivity contribution in [1.29, 1.82) is 0 Å². The van der Waals surface area contributed by atoms with E-state index in [1.54, 1.807) is 12.1 Å². The van der Waals surface area contributed by atoms with Gasteiger partial charge in [0.1, 0.15) is 0 Å². The average Bonchev–Trinajstić information content (AvgIpc) is 2.31. The van der Waals surface area contributed by atoms with Crippen molar-refractivity contribution >= 4 is 18.9 Å². The molecule has 0 radical (unpaired) electrons. The lowest BCUT2D eigenvalue weighted by Crippen LogP contribution is -1.97. The lowest BCUT2D eigenvalue weighted by molar-refractivity contribution is 0.112. The summed E-state index contributed by atoms with van der Waals surface area (Å²) in [6.45, 7) is 0. The van der Waals surface area contributed by atoms with Crippen LogP contribution in [0.4, 0.5) is 0 Å². The molecular formula is C14H12OS. The molecule has 2 aromatic carbocycles. The molecule has 0 aliphatic heterocycles. The summed E-state index contributed by atoms with van der Waals surface area (Å²) in [5, 5.41) is 0. The molecule has 0 spiro atoms. The van der Waals surface area contributed by atoms with E-state index in [0.717, 1.165) is 11.2 Å². The van der Waals surface area contributed by atoms with Gasteiger partial charge in [0.15, 0.2) is 6.29 Å². The second-order valence-corrected chi connectivity index (χ2v) is 4.16. The maximum absolute atomic E-state index is 10.2. The largest absolute Gasteiger partial charge is 0.298 e. The molecule has 0 heterocycles. The summed E-state index contributed by atoms with van der Waals surface area (Å²) in [6, 6.07) is 15.8. The predicted molar refractivity (Wildman–Crippen MR) is 68.3 cm³/mol. The van der Waals surface area contributed by atoms with Crippen molar-refractivity contribution in [2.75, 3.05) is 0 Å². The highest BCUT2D eigenvalue weighted by atomic mass is 32.1. The number of carbonyl (C=O) groups is 1. The van der Waals surface area contributed by atoms with E-state index in [1.807, 2.05) is 12.1 Å². The van der Waals surface area contributed by atoms with Crippen molar-refractivity contribution in [2.45, 2.75) is 11.3 Å². The monoisotopic (exact) mass is 228 g/mol. The molecule has 2 aromatic rings. The van der Waals surface area contributed by atoms with Gasteiger partial charge in [-0.2, -0.15) is 0 Å². The maximum atomic E-state index is 10.2. The summed E-state index contributed by atoms with van der Waals surface area (Å²) in [7, 11) is 0. The molecule has 16 heavy (non-hydrogen) atoms. The molecule has 80 valence electrons. The fourth-order valence-corrected chi connectivity index (χ4v) is 1.75. The Kier molecular flexibility index (Phi) is 3.42. The molecule has 0 amide bonds. The van der Waals surface area contributed by atoms with Gasteiger partial charge >= 0.3 is 0 Å². The fourth-order valence-electron chi connectivity index (χ4n) is 1.54. The van der Waals surface area contributed by atoms with Crippen LogP contribution in [0.3, 0.4) is 0 Å². The fraction of sp³-hybridized carbons (Fsp3) is 0.0714. The van der Waals surface area contributed by atoms with Gasteiger partial charge < -0.3 is 0 Å². The Morgan fingerprint density at radius 2 is 1.62 bits per heavy atom. The number of aldehydes is 1. The Balaban J connectivity index is 0.000000123. The van der Waals surface area contributed by atoms with Crippen molar-refractivity contribution in [3.8, 4) is 0 Å². The first-order valence-corrected chi connectivity index (χ1v) is 5.55. The van der Waals surface area contributed by atoms with Crippen molar-refractivity contribution in [2.24, 2.45) is 0 Å². The van der Waals surface area contributed by atoms with Gasteiger partial charge in [-0.05, 0) is 23.6 Å². The molecule has 0 atom stereocenters. The summed E-state index contributed by atoms with van der Waals surface area (Å²) in [6.07, 6.45) is 2.01. The summed E-state index contributed by atoms with van der Waals surface area (Å²) >= 11 is 4.05. The quantitative estimate of drug-likeness (QED) is 0.499. The molecular weight excluding hydrogens is 216 g/mol. The van der Waals surface area contributed by atoms with Gasteiger partial charge in [0.05, 0.1) is 0 Å². The minimum absolute atomic E-state index is 0.640. The SMILES string of the molecule is O=Cc1ccccc1S.c1cc2cc(c1)C2. The molecule has 0 N–H and O–H groups in total. The second-order valence-electron chi connectivity index (χ2n) is 3.67. The minimum Gasteiger partial charge on any atom is -0.298 e. The molecule has 0 saturated carbocycles. The number of thiol groups is 1. The zero-order valence-corrected chi connectivity index (χ0v) is 9.65. The molecule has 1 nitrogen and oxygen atoms in total. The van der Waals surface area contributed by atoms with Crippen LogP contribution in [0.1, 0.15) is 21.5 Å². The number of hydrogen-bond acceptors (Lipinski definition) is 2. The first-order chi connectivity index (χ1) is 7.79. The molecule has 0 saturated heterocycles. The average molecular weight is 228 g/mol. The smallest absolute Gasteiger partial charge is 0.151 e. The minimum atomic E-state index is 0.640. The number of fused-ring (bicyclic) bond motifs is 2. The van der Waals surface area contributed by atoms with Crippen LogP contribution in [0, 0.1) is 0 Å². The molecule has 0 unspecified atom stereocenters. The molecule has 2 aliphatic rings. The molecule has 2 heteroatoms. The van der Waals surface area contributed by atoms with Gasteiger partial charge in [0.25, 0.3) is 0 Å². The predicted octanol–water partition coefficient (Wildman–Crippen LogP) is 3.38. The summed E-state index contributed by atoms with van der Waals surface area (Å²) in [5.74, 6) is 0.